The molecule has 158 valence electrons. The van der Waals surface area contributed by atoms with Crippen LogP contribution in [-0.4, -0.2) is 45.3 Å². The van der Waals surface area contributed by atoms with E-state index in [0.717, 1.165) is 49.2 Å². The van der Waals surface area contributed by atoms with Gasteiger partial charge in [-0.25, -0.2) is 14.2 Å². The maximum atomic E-state index is 13.2. The minimum absolute atomic E-state index is 0.306. The average molecular weight is 410 g/mol. The van der Waals surface area contributed by atoms with Gasteiger partial charge in [-0.05, 0) is 62.1 Å². The molecule has 1 unspecified atom stereocenters. The van der Waals surface area contributed by atoms with Crippen LogP contribution in [0.5, 0.6) is 0 Å². The second-order valence-corrected chi connectivity index (χ2v) is 8.01. The summed E-state index contributed by atoms with van der Waals surface area (Å²) >= 11 is 0. The van der Waals surface area contributed by atoms with E-state index in [2.05, 4.69) is 31.7 Å². The van der Waals surface area contributed by atoms with Crippen LogP contribution in [-0.2, 0) is 13.6 Å². The Morgan fingerprint density at radius 1 is 1.33 bits per heavy atom. The maximum Gasteiger partial charge on any atom is 0.319 e. The molecule has 0 saturated carbocycles. The SMILES string of the molecule is Cc1nn(C)c2ncc(CN3CCCC(CNC(=O)Nc4cccc(F)c4)C3)cc12. The molecule has 0 spiro atoms. The number of anilines is 1. The van der Waals surface area contributed by atoms with E-state index in [0.29, 0.717) is 18.2 Å². The zero-order chi connectivity index (χ0) is 21.1. The molecule has 0 bridgehead atoms. The Kier molecular flexibility index (Phi) is 5.94. The zero-order valence-corrected chi connectivity index (χ0v) is 17.4. The highest BCUT2D eigenvalue weighted by molar-refractivity contribution is 5.89. The van der Waals surface area contributed by atoms with Gasteiger partial charge in [-0.15, -0.1) is 0 Å². The second kappa shape index (κ2) is 8.79. The molecule has 7 nitrogen and oxygen atoms in total. The molecule has 1 atom stereocenters. The van der Waals surface area contributed by atoms with Crippen molar-refractivity contribution in [2.24, 2.45) is 13.0 Å². The number of rotatable bonds is 5. The molecule has 8 heteroatoms. The van der Waals surface area contributed by atoms with Crippen LogP contribution < -0.4 is 10.6 Å². The summed E-state index contributed by atoms with van der Waals surface area (Å²) in [7, 11) is 1.91. The first-order valence-corrected chi connectivity index (χ1v) is 10.3. The summed E-state index contributed by atoms with van der Waals surface area (Å²) < 4.78 is 15.1. The Hall–Kier alpha value is -3.00. The largest absolute Gasteiger partial charge is 0.338 e. The number of carbonyl (C=O) groups excluding carboxylic acids is 1. The molecule has 1 saturated heterocycles. The fraction of sp³-hybridized carbons (Fsp3) is 0.409. The summed E-state index contributed by atoms with van der Waals surface area (Å²) in [4.78, 5) is 19.1. The summed E-state index contributed by atoms with van der Waals surface area (Å²) in [6.07, 6.45) is 4.10. The van der Waals surface area contributed by atoms with Gasteiger partial charge in [0, 0.05) is 44.0 Å². The molecular formula is C22H27FN6O. The van der Waals surface area contributed by atoms with Gasteiger partial charge >= 0.3 is 6.03 Å². The van der Waals surface area contributed by atoms with Crippen LogP contribution in [0.15, 0.2) is 36.5 Å². The Morgan fingerprint density at radius 2 is 2.20 bits per heavy atom. The number of amides is 2. The van der Waals surface area contributed by atoms with Gasteiger partial charge in [-0.3, -0.25) is 9.58 Å². The number of piperidine rings is 1. The molecule has 3 heterocycles. The van der Waals surface area contributed by atoms with Gasteiger partial charge in [0.1, 0.15) is 5.82 Å². The Morgan fingerprint density at radius 3 is 3.03 bits per heavy atom. The van der Waals surface area contributed by atoms with E-state index < -0.39 is 0 Å². The minimum Gasteiger partial charge on any atom is -0.338 e. The number of hydrogen-bond donors (Lipinski definition) is 2. The van der Waals surface area contributed by atoms with Gasteiger partial charge in [0.25, 0.3) is 0 Å². The monoisotopic (exact) mass is 410 g/mol. The number of aryl methyl sites for hydroxylation is 2. The number of hydrogen-bond acceptors (Lipinski definition) is 4. The lowest BCUT2D eigenvalue weighted by atomic mass is 9.97. The number of urea groups is 1. The van der Waals surface area contributed by atoms with E-state index in [1.807, 2.05) is 24.9 Å². The van der Waals surface area contributed by atoms with E-state index in [9.17, 15) is 9.18 Å². The van der Waals surface area contributed by atoms with Crippen LogP contribution in [0.2, 0.25) is 0 Å². The maximum absolute atomic E-state index is 13.2. The summed E-state index contributed by atoms with van der Waals surface area (Å²) in [5.74, 6) is 0.0127. The molecule has 2 amide bonds. The van der Waals surface area contributed by atoms with Gasteiger partial charge in [0.2, 0.25) is 0 Å². The van der Waals surface area contributed by atoms with Gasteiger partial charge in [-0.2, -0.15) is 5.10 Å². The van der Waals surface area contributed by atoms with Crippen molar-refractivity contribution in [1.82, 2.24) is 25.0 Å². The number of pyridine rings is 1. The van der Waals surface area contributed by atoms with E-state index in [1.165, 1.54) is 17.7 Å². The van der Waals surface area contributed by atoms with Crippen LogP contribution in [0.3, 0.4) is 0 Å². The van der Waals surface area contributed by atoms with E-state index in [1.54, 1.807) is 12.1 Å². The Balaban J connectivity index is 1.30. The van der Waals surface area contributed by atoms with Crippen molar-refractivity contribution in [3.8, 4) is 0 Å². The van der Waals surface area contributed by atoms with Crippen LogP contribution in [0, 0.1) is 18.7 Å². The lowest BCUT2D eigenvalue weighted by molar-refractivity contribution is 0.166. The summed E-state index contributed by atoms with van der Waals surface area (Å²) in [5, 5.41) is 11.1. The standard InChI is InChI=1S/C22H27FN6O/c1-15-20-9-17(12-24-21(20)28(2)27-15)14-29-8-4-5-16(13-29)11-25-22(30)26-19-7-3-6-18(23)10-19/h3,6-7,9-10,12,16H,4-5,8,11,13-14H2,1-2H3,(H2,25,26,30). The van der Waals surface area contributed by atoms with E-state index >= 15 is 0 Å². The quantitative estimate of drug-likeness (QED) is 0.676. The molecule has 1 fully saturated rings. The van der Waals surface area contributed by atoms with Crippen molar-refractivity contribution in [3.05, 3.63) is 53.6 Å². The molecule has 1 aliphatic heterocycles. The Bertz CT molecular complexity index is 1050. The van der Waals surface area contributed by atoms with Gasteiger partial charge in [0.15, 0.2) is 5.65 Å². The molecule has 3 aromatic rings. The first kappa shape index (κ1) is 20.3. The predicted molar refractivity (Wildman–Crippen MR) is 115 cm³/mol. The fourth-order valence-corrected chi connectivity index (χ4v) is 4.14. The number of benzene rings is 1. The smallest absolute Gasteiger partial charge is 0.319 e. The van der Waals surface area contributed by atoms with Crippen LogP contribution in [0.25, 0.3) is 11.0 Å². The number of aromatic nitrogens is 3. The molecule has 1 aromatic carbocycles. The molecule has 0 aliphatic carbocycles. The van der Waals surface area contributed by atoms with Gasteiger partial charge < -0.3 is 10.6 Å². The molecule has 1 aliphatic rings. The van der Waals surface area contributed by atoms with Crippen molar-refractivity contribution < 1.29 is 9.18 Å². The molecule has 0 radical (unpaired) electrons. The average Bonchev–Trinajstić information content (AvgIpc) is 3.00. The number of fused-ring (bicyclic) bond motifs is 1. The van der Waals surface area contributed by atoms with Crippen molar-refractivity contribution in [2.45, 2.75) is 26.3 Å². The minimum atomic E-state index is -0.370. The summed E-state index contributed by atoms with van der Waals surface area (Å²) in [5.41, 5.74) is 3.52. The van der Waals surface area contributed by atoms with Crippen LogP contribution in [0.1, 0.15) is 24.1 Å². The molecule has 2 aromatic heterocycles. The van der Waals surface area contributed by atoms with Crippen molar-refractivity contribution in [2.75, 3.05) is 25.0 Å². The normalized spacial score (nSPS) is 17.2. The van der Waals surface area contributed by atoms with Crippen molar-refractivity contribution in [1.29, 1.82) is 0 Å². The number of nitrogens with one attached hydrogen (secondary N) is 2. The highest BCUT2D eigenvalue weighted by atomic mass is 19.1. The first-order chi connectivity index (χ1) is 14.5. The highest BCUT2D eigenvalue weighted by Crippen LogP contribution is 2.21. The van der Waals surface area contributed by atoms with E-state index in [4.69, 9.17) is 0 Å². The van der Waals surface area contributed by atoms with Crippen molar-refractivity contribution >= 4 is 22.8 Å². The summed E-state index contributed by atoms with van der Waals surface area (Å²) in [6, 6.07) is 7.76. The number of carbonyl (C=O) groups is 1. The highest BCUT2D eigenvalue weighted by Gasteiger charge is 2.21. The predicted octanol–water partition coefficient (Wildman–Crippen LogP) is 3.45. The Labute approximate surface area is 175 Å². The lowest BCUT2D eigenvalue weighted by Gasteiger charge is -2.32. The lowest BCUT2D eigenvalue weighted by Crippen LogP contribution is -2.41. The molecule has 2 N–H and O–H groups in total. The number of halogens is 1. The van der Waals surface area contributed by atoms with Gasteiger partial charge in [-0.1, -0.05) is 6.07 Å². The van der Waals surface area contributed by atoms with Crippen molar-refractivity contribution in [3.63, 3.8) is 0 Å². The molecule has 4 rings (SSSR count). The molecule has 30 heavy (non-hydrogen) atoms. The summed E-state index contributed by atoms with van der Waals surface area (Å²) in [6.45, 7) is 5.39. The number of nitrogens with zero attached hydrogens (tertiary/aromatic N) is 4. The fourth-order valence-electron chi connectivity index (χ4n) is 4.14. The third kappa shape index (κ3) is 4.76. The molecular weight excluding hydrogens is 383 g/mol. The zero-order valence-electron chi connectivity index (χ0n) is 17.4. The first-order valence-electron chi connectivity index (χ1n) is 10.3. The second-order valence-electron chi connectivity index (χ2n) is 8.01. The van der Waals surface area contributed by atoms with Crippen LogP contribution >= 0.6 is 0 Å². The number of likely N-dealkylation sites (tertiary alicyclic amines) is 1. The van der Waals surface area contributed by atoms with Crippen LogP contribution in [0.4, 0.5) is 14.9 Å². The third-order valence-corrected chi connectivity index (χ3v) is 5.56. The van der Waals surface area contributed by atoms with Gasteiger partial charge in [0.05, 0.1) is 5.69 Å². The third-order valence-electron chi connectivity index (χ3n) is 5.56. The van der Waals surface area contributed by atoms with E-state index in [-0.39, 0.29) is 11.8 Å². The topological polar surface area (TPSA) is 75.1 Å².